The lowest BCUT2D eigenvalue weighted by Gasteiger charge is -2.31. The van der Waals surface area contributed by atoms with Crippen molar-refractivity contribution >= 4 is 22.9 Å². The van der Waals surface area contributed by atoms with E-state index >= 15 is 0 Å². The highest BCUT2D eigenvalue weighted by atomic mass is 16.6. The predicted molar refractivity (Wildman–Crippen MR) is 157 cm³/mol. The van der Waals surface area contributed by atoms with Gasteiger partial charge in [0, 0.05) is 36.5 Å². The number of fused-ring (bicyclic) bond motifs is 1. The van der Waals surface area contributed by atoms with Crippen molar-refractivity contribution in [3.63, 3.8) is 0 Å². The molecule has 0 saturated carbocycles. The normalized spacial score (nSPS) is 12.9. The maximum atomic E-state index is 13.4. The van der Waals surface area contributed by atoms with Gasteiger partial charge in [0.05, 0.1) is 11.1 Å². The molecule has 2 aromatic carbocycles. The van der Waals surface area contributed by atoms with E-state index in [9.17, 15) is 9.59 Å². The molecule has 3 rings (SSSR count). The van der Waals surface area contributed by atoms with E-state index in [0.717, 1.165) is 33.3 Å². The summed E-state index contributed by atoms with van der Waals surface area (Å²) in [6.45, 7) is 21.7. The Morgan fingerprint density at radius 1 is 0.974 bits per heavy atom. The van der Waals surface area contributed by atoms with Crippen molar-refractivity contribution in [1.82, 2.24) is 15.2 Å². The van der Waals surface area contributed by atoms with Crippen molar-refractivity contribution in [3.05, 3.63) is 58.7 Å². The number of aromatic nitrogens is 1. The van der Waals surface area contributed by atoms with Crippen LogP contribution in [0.1, 0.15) is 83.6 Å². The number of benzene rings is 2. The lowest BCUT2D eigenvalue weighted by atomic mass is 9.81. The molecule has 6 nitrogen and oxygen atoms in total. The smallest absolute Gasteiger partial charge is 0.407 e. The first kappa shape index (κ1) is 29.3. The zero-order valence-electron chi connectivity index (χ0n) is 24.8. The van der Waals surface area contributed by atoms with Gasteiger partial charge in [0.2, 0.25) is 5.91 Å². The summed E-state index contributed by atoms with van der Waals surface area (Å²) in [5, 5.41) is 4.02. The number of hydrogen-bond acceptors (Lipinski definition) is 3. The van der Waals surface area contributed by atoms with Crippen LogP contribution in [0.15, 0.2) is 36.4 Å². The fourth-order valence-electron chi connectivity index (χ4n) is 5.14. The summed E-state index contributed by atoms with van der Waals surface area (Å²) < 4.78 is 5.47. The van der Waals surface area contributed by atoms with Crippen LogP contribution in [0.4, 0.5) is 4.79 Å². The number of H-pyrrole nitrogens is 1. The SMILES string of the molecule is CCN(CC)C(=O)C(C)(C)c1ccc2[nH]c(-c3cc(C)cc(C)c3)c(C(C)CNC(=O)OC(C)(C)C)c2c1. The molecule has 0 aliphatic carbocycles. The van der Waals surface area contributed by atoms with E-state index in [1.54, 1.807) is 0 Å². The minimum absolute atomic E-state index is 0.0102. The van der Waals surface area contributed by atoms with E-state index in [0.29, 0.717) is 19.6 Å². The zero-order chi connectivity index (χ0) is 28.4. The Kier molecular flexibility index (Phi) is 8.65. The van der Waals surface area contributed by atoms with Crippen molar-refractivity contribution < 1.29 is 14.3 Å². The molecule has 0 aliphatic rings. The fourth-order valence-corrected chi connectivity index (χ4v) is 5.14. The van der Waals surface area contributed by atoms with Crippen LogP contribution in [0, 0.1) is 13.8 Å². The van der Waals surface area contributed by atoms with Gasteiger partial charge in [-0.2, -0.15) is 0 Å². The topological polar surface area (TPSA) is 74.4 Å². The summed E-state index contributed by atoms with van der Waals surface area (Å²) in [4.78, 5) is 31.4. The molecule has 1 atom stereocenters. The van der Waals surface area contributed by atoms with E-state index in [1.165, 1.54) is 11.1 Å². The van der Waals surface area contributed by atoms with Gasteiger partial charge in [-0.3, -0.25) is 4.79 Å². The lowest BCUT2D eigenvalue weighted by Crippen LogP contribution is -2.43. The lowest BCUT2D eigenvalue weighted by molar-refractivity contribution is -0.135. The highest BCUT2D eigenvalue weighted by molar-refractivity contribution is 5.94. The molecule has 1 heterocycles. The molecule has 0 fully saturated rings. The number of carbonyl (C=O) groups is 2. The molecule has 0 saturated heterocycles. The van der Waals surface area contributed by atoms with E-state index in [-0.39, 0.29) is 11.8 Å². The van der Waals surface area contributed by atoms with E-state index < -0.39 is 17.1 Å². The van der Waals surface area contributed by atoms with Crippen molar-refractivity contribution in [1.29, 1.82) is 0 Å². The Morgan fingerprint density at radius 2 is 1.58 bits per heavy atom. The average Bonchev–Trinajstić information content (AvgIpc) is 3.20. The molecule has 38 heavy (non-hydrogen) atoms. The molecule has 1 aromatic heterocycles. The van der Waals surface area contributed by atoms with Crippen LogP contribution >= 0.6 is 0 Å². The Bertz CT molecular complexity index is 1290. The van der Waals surface area contributed by atoms with E-state index in [4.69, 9.17) is 4.74 Å². The molecule has 0 aliphatic heterocycles. The van der Waals surface area contributed by atoms with Gasteiger partial charge in [0.1, 0.15) is 5.60 Å². The molecule has 0 bridgehead atoms. The second-order valence-electron chi connectivity index (χ2n) is 11.9. The number of alkyl carbamates (subject to hydrolysis) is 1. The van der Waals surface area contributed by atoms with Crippen molar-refractivity contribution in [2.75, 3.05) is 19.6 Å². The van der Waals surface area contributed by atoms with Crippen LogP contribution in [-0.2, 0) is 14.9 Å². The molecule has 6 heteroatoms. The van der Waals surface area contributed by atoms with Crippen LogP contribution in [0.3, 0.4) is 0 Å². The van der Waals surface area contributed by atoms with Crippen molar-refractivity contribution in [2.45, 2.75) is 86.2 Å². The summed E-state index contributed by atoms with van der Waals surface area (Å²) in [6.07, 6.45) is -0.427. The summed E-state index contributed by atoms with van der Waals surface area (Å²) in [6, 6.07) is 12.8. The number of nitrogens with zero attached hydrogens (tertiary/aromatic N) is 1. The van der Waals surface area contributed by atoms with Crippen LogP contribution in [0.2, 0.25) is 0 Å². The zero-order valence-corrected chi connectivity index (χ0v) is 24.8. The van der Waals surface area contributed by atoms with Gasteiger partial charge < -0.3 is 19.9 Å². The highest BCUT2D eigenvalue weighted by Gasteiger charge is 2.33. The standard InChI is InChI=1S/C32H45N3O3/c1-11-35(12-2)29(36)32(9,10)24-13-14-26-25(18-24)27(22(5)19-33-30(37)38-31(6,7)8)28(34-26)23-16-20(3)15-21(4)17-23/h13-18,22,34H,11-12,19H2,1-10H3,(H,33,37). The third kappa shape index (κ3) is 6.40. The fraction of sp³-hybridized carbons (Fsp3) is 0.500. The second-order valence-corrected chi connectivity index (χ2v) is 11.9. The molecular formula is C32H45N3O3. The van der Waals surface area contributed by atoms with E-state index in [1.807, 2.05) is 53.4 Å². The number of nitrogens with one attached hydrogen (secondary N) is 2. The summed E-state index contributed by atoms with van der Waals surface area (Å²) in [5.41, 5.74) is 6.39. The molecule has 2 N–H and O–H groups in total. The van der Waals surface area contributed by atoms with Gasteiger partial charge in [-0.05, 0) is 103 Å². The largest absolute Gasteiger partial charge is 0.444 e. The molecule has 3 aromatic rings. The van der Waals surface area contributed by atoms with Crippen molar-refractivity contribution in [3.8, 4) is 11.3 Å². The number of aryl methyl sites for hydroxylation is 2. The van der Waals surface area contributed by atoms with Gasteiger partial charge in [-0.25, -0.2) is 4.79 Å². The number of carbonyl (C=O) groups excluding carboxylic acids is 2. The third-order valence-corrected chi connectivity index (χ3v) is 7.10. The molecule has 1 unspecified atom stereocenters. The Labute approximate surface area is 228 Å². The first-order chi connectivity index (χ1) is 17.7. The number of aromatic amines is 1. The highest BCUT2D eigenvalue weighted by Crippen LogP contribution is 2.38. The van der Waals surface area contributed by atoms with Gasteiger partial charge in [0.25, 0.3) is 0 Å². The maximum Gasteiger partial charge on any atom is 0.407 e. The van der Waals surface area contributed by atoms with Crippen molar-refractivity contribution in [2.24, 2.45) is 0 Å². The minimum atomic E-state index is -0.674. The first-order valence-corrected chi connectivity index (χ1v) is 13.7. The number of rotatable bonds is 8. The molecule has 0 spiro atoms. The van der Waals surface area contributed by atoms with Gasteiger partial charge in [-0.15, -0.1) is 0 Å². The number of amides is 2. The molecule has 2 amide bonds. The third-order valence-electron chi connectivity index (χ3n) is 7.10. The first-order valence-electron chi connectivity index (χ1n) is 13.7. The van der Waals surface area contributed by atoms with Crippen LogP contribution < -0.4 is 5.32 Å². The van der Waals surface area contributed by atoms with Gasteiger partial charge in [-0.1, -0.05) is 30.2 Å². The number of ether oxygens (including phenoxy) is 1. The van der Waals surface area contributed by atoms with Crippen LogP contribution in [0.5, 0.6) is 0 Å². The Hall–Kier alpha value is -3.28. The Balaban J connectivity index is 2.13. The summed E-state index contributed by atoms with van der Waals surface area (Å²) in [5.74, 6) is 0.108. The van der Waals surface area contributed by atoms with Gasteiger partial charge >= 0.3 is 6.09 Å². The molecular weight excluding hydrogens is 474 g/mol. The van der Waals surface area contributed by atoms with Gasteiger partial charge in [0.15, 0.2) is 0 Å². The molecule has 206 valence electrons. The van der Waals surface area contributed by atoms with E-state index in [2.05, 4.69) is 67.5 Å². The number of hydrogen-bond donors (Lipinski definition) is 2. The Morgan fingerprint density at radius 3 is 2.13 bits per heavy atom. The maximum absolute atomic E-state index is 13.4. The minimum Gasteiger partial charge on any atom is -0.444 e. The second kappa shape index (κ2) is 11.2. The summed E-state index contributed by atoms with van der Waals surface area (Å²) in [7, 11) is 0. The quantitative estimate of drug-likeness (QED) is 0.330. The predicted octanol–water partition coefficient (Wildman–Crippen LogP) is 7.23. The summed E-state index contributed by atoms with van der Waals surface area (Å²) >= 11 is 0. The average molecular weight is 520 g/mol. The molecule has 0 radical (unpaired) electrons. The number of likely N-dealkylation sites (N-methyl/N-ethyl adjacent to an activating group) is 1. The monoisotopic (exact) mass is 519 g/mol. The van der Waals surface area contributed by atoms with Crippen LogP contribution in [-0.4, -0.2) is 47.1 Å². The van der Waals surface area contributed by atoms with Crippen LogP contribution in [0.25, 0.3) is 22.2 Å².